The SMILES string of the molecule is Cc1cccc(-c2c(-c3ccncc3)nc(NC[C@@H]3Cc4ccccc4CN3)n(C)c2=O)c1. The topological polar surface area (TPSA) is 71.8 Å². The summed E-state index contributed by atoms with van der Waals surface area (Å²) in [6, 6.07) is 20.6. The van der Waals surface area contributed by atoms with Crippen molar-refractivity contribution in [2.24, 2.45) is 7.05 Å². The Kier molecular flexibility index (Phi) is 5.75. The predicted molar refractivity (Wildman–Crippen MR) is 132 cm³/mol. The molecule has 166 valence electrons. The molecule has 6 nitrogen and oxygen atoms in total. The van der Waals surface area contributed by atoms with Crippen LogP contribution >= 0.6 is 0 Å². The molecule has 0 saturated carbocycles. The number of pyridine rings is 1. The predicted octanol–water partition coefficient (Wildman–Crippen LogP) is 3.94. The summed E-state index contributed by atoms with van der Waals surface area (Å²) in [6.45, 7) is 3.55. The fraction of sp³-hybridized carbons (Fsp3) is 0.222. The zero-order valence-electron chi connectivity index (χ0n) is 18.9. The molecule has 0 amide bonds. The molecular formula is C27H27N5O. The monoisotopic (exact) mass is 437 g/mol. The van der Waals surface area contributed by atoms with Crippen LogP contribution in [0.4, 0.5) is 5.95 Å². The number of benzene rings is 2. The summed E-state index contributed by atoms with van der Waals surface area (Å²) in [4.78, 5) is 22.6. The molecule has 6 heteroatoms. The fourth-order valence-corrected chi connectivity index (χ4v) is 4.42. The highest BCUT2D eigenvalue weighted by atomic mass is 16.1. The Morgan fingerprint density at radius 1 is 1.03 bits per heavy atom. The van der Waals surface area contributed by atoms with Crippen molar-refractivity contribution in [2.45, 2.75) is 25.9 Å². The van der Waals surface area contributed by atoms with Gasteiger partial charge in [-0.2, -0.15) is 0 Å². The molecule has 0 fully saturated rings. The molecule has 0 unspecified atom stereocenters. The Labute approximate surface area is 193 Å². The third-order valence-corrected chi connectivity index (χ3v) is 6.22. The summed E-state index contributed by atoms with van der Waals surface area (Å²) in [5, 5.41) is 7.01. The van der Waals surface area contributed by atoms with Gasteiger partial charge in [-0.05, 0) is 42.2 Å². The molecule has 3 heterocycles. The van der Waals surface area contributed by atoms with E-state index in [1.54, 1.807) is 24.0 Å². The maximum Gasteiger partial charge on any atom is 0.263 e. The van der Waals surface area contributed by atoms with Crippen molar-refractivity contribution in [3.05, 3.63) is 100 Å². The summed E-state index contributed by atoms with van der Waals surface area (Å²) in [7, 11) is 1.77. The number of nitrogens with one attached hydrogen (secondary N) is 2. The maximum absolute atomic E-state index is 13.6. The molecule has 0 radical (unpaired) electrons. The third kappa shape index (κ3) is 4.30. The quantitative estimate of drug-likeness (QED) is 0.495. The van der Waals surface area contributed by atoms with E-state index in [0.717, 1.165) is 29.7 Å². The van der Waals surface area contributed by atoms with Gasteiger partial charge in [-0.3, -0.25) is 14.3 Å². The molecule has 0 spiro atoms. The minimum Gasteiger partial charge on any atom is -0.354 e. The second-order valence-corrected chi connectivity index (χ2v) is 8.56. The van der Waals surface area contributed by atoms with E-state index >= 15 is 0 Å². The second kappa shape index (κ2) is 9.00. The molecule has 33 heavy (non-hydrogen) atoms. The van der Waals surface area contributed by atoms with Gasteiger partial charge < -0.3 is 10.6 Å². The van der Waals surface area contributed by atoms with E-state index in [9.17, 15) is 4.79 Å². The van der Waals surface area contributed by atoms with E-state index in [2.05, 4.69) is 39.9 Å². The third-order valence-electron chi connectivity index (χ3n) is 6.22. The van der Waals surface area contributed by atoms with Gasteiger partial charge in [0.25, 0.3) is 5.56 Å². The number of aryl methyl sites for hydroxylation is 1. The van der Waals surface area contributed by atoms with Gasteiger partial charge in [0.2, 0.25) is 5.95 Å². The van der Waals surface area contributed by atoms with Crippen molar-refractivity contribution >= 4 is 5.95 Å². The molecule has 1 aliphatic heterocycles. The van der Waals surface area contributed by atoms with Crippen LogP contribution in [0.5, 0.6) is 0 Å². The van der Waals surface area contributed by atoms with Crippen LogP contribution in [-0.4, -0.2) is 27.1 Å². The average molecular weight is 438 g/mol. The zero-order valence-corrected chi connectivity index (χ0v) is 18.9. The van der Waals surface area contributed by atoms with Crippen LogP contribution in [0, 0.1) is 6.92 Å². The van der Waals surface area contributed by atoms with Crippen molar-refractivity contribution in [1.82, 2.24) is 19.9 Å². The lowest BCUT2D eigenvalue weighted by atomic mass is 9.96. The van der Waals surface area contributed by atoms with Crippen LogP contribution in [-0.2, 0) is 20.0 Å². The summed E-state index contributed by atoms with van der Waals surface area (Å²) in [6.07, 6.45) is 4.39. The molecule has 2 aromatic heterocycles. The number of anilines is 1. The van der Waals surface area contributed by atoms with Crippen molar-refractivity contribution in [3.8, 4) is 22.4 Å². The molecular weight excluding hydrogens is 410 g/mol. The Morgan fingerprint density at radius 2 is 1.82 bits per heavy atom. The summed E-state index contributed by atoms with van der Waals surface area (Å²) < 4.78 is 1.61. The number of hydrogen-bond donors (Lipinski definition) is 2. The molecule has 1 aliphatic rings. The number of hydrogen-bond acceptors (Lipinski definition) is 5. The van der Waals surface area contributed by atoms with Crippen LogP contribution < -0.4 is 16.2 Å². The Morgan fingerprint density at radius 3 is 2.61 bits per heavy atom. The fourth-order valence-electron chi connectivity index (χ4n) is 4.42. The Hall–Kier alpha value is -3.77. The molecule has 2 aromatic carbocycles. The van der Waals surface area contributed by atoms with Gasteiger partial charge in [0.05, 0.1) is 11.3 Å². The van der Waals surface area contributed by atoms with Crippen molar-refractivity contribution < 1.29 is 0 Å². The van der Waals surface area contributed by atoms with E-state index in [4.69, 9.17) is 4.98 Å². The van der Waals surface area contributed by atoms with Gasteiger partial charge in [-0.25, -0.2) is 4.98 Å². The van der Waals surface area contributed by atoms with E-state index in [-0.39, 0.29) is 11.6 Å². The van der Waals surface area contributed by atoms with E-state index in [1.165, 1.54) is 11.1 Å². The maximum atomic E-state index is 13.6. The number of fused-ring (bicyclic) bond motifs is 1. The van der Waals surface area contributed by atoms with Crippen LogP contribution in [0.3, 0.4) is 0 Å². The molecule has 4 aromatic rings. The van der Waals surface area contributed by atoms with Gasteiger partial charge in [0.15, 0.2) is 0 Å². The summed E-state index contributed by atoms with van der Waals surface area (Å²) in [5.74, 6) is 0.559. The normalized spacial score (nSPS) is 15.2. The highest BCUT2D eigenvalue weighted by molar-refractivity contribution is 5.81. The van der Waals surface area contributed by atoms with E-state index in [1.807, 2.05) is 43.3 Å². The highest BCUT2D eigenvalue weighted by Gasteiger charge is 2.21. The Bertz CT molecular complexity index is 1350. The minimum absolute atomic E-state index is 0.0770. The lowest BCUT2D eigenvalue weighted by Gasteiger charge is -2.27. The van der Waals surface area contributed by atoms with Crippen LogP contribution in [0.1, 0.15) is 16.7 Å². The van der Waals surface area contributed by atoms with E-state index < -0.39 is 0 Å². The van der Waals surface area contributed by atoms with Gasteiger partial charge in [-0.15, -0.1) is 0 Å². The largest absolute Gasteiger partial charge is 0.354 e. The number of nitrogens with zero attached hydrogens (tertiary/aromatic N) is 3. The van der Waals surface area contributed by atoms with Crippen molar-refractivity contribution in [2.75, 3.05) is 11.9 Å². The van der Waals surface area contributed by atoms with Crippen molar-refractivity contribution in [1.29, 1.82) is 0 Å². The first-order chi connectivity index (χ1) is 16.1. The molecule has 0 saturated heterocycles. The first-order valence-corrected chi connectivity index (χ1v) is 11.2. The molecule has 1 atom stereocenters. The number of rotatable bonds is 5. The summed E-state index contributed by atoms with van der Waals surface area (Å²) >= 11 is 0. The minimum atomic E-state index is -0.0770. The van der Waals surface area contributed by atoms with E-state index in [0.29, 0.717) is 23.8 Å². The number of aromatic nitrogens is 3. The van der Waals surface area contributed by atoms with Crippen LogP contribution in [0.15, 0.2) is 77.9 Å². The first kappa shape index (κ1) is 21.1. The Balaban J connectivity index is 1.50. The van der Waals surface area contributed by atoms with Crippen molar-refractivity contribution in [3.63, 3.8) is 0 Å². The average Bonchev–Trinajstić information content (AvgIpc) is 2.85. The smallest absolute Gasteiger partial charge is 0.263 e. The lowest BCUT2D eigenvalue weighted by Crippen LogP contribution is -2.41. The molecule has 2 N–H and O–H groups in total. The standard InChI is InChI=1S/C27H27N5O/c1-18-6-5-9-21(14-18)24-25(19-10-12-28-13-11-19)31-27(32(2)26(24)33)30-17-23-15-20-7-3-4-8-22(20)16-29-23/h3-14,23,29H,15-17H2,1-2H3,(H,30,31)/t23-/m0/s1. The van der Waals surface area contributed by atoms with Crippen LogP contribution in [0.25, 0.3) is 22.4 Å². The molecule has 0 aliphatic carbocycles. The van der Waals surface area contributed by atoms with Gasteiger partial charge in [0.1, 0.15) is 0 Å². The first-order valence-electron chi connectivity index (χ1n) is 11.2. The zero-order chi connectivity index (χ0) is 22.8. The second-order valence-electron chi connectivity index (χ2n) is 8.56. The van der Waals surface area contributed by atoms with Gasteiger partial charge in [0, 0.05) is 44.1 Å². The summed E-state index contributed by atoms with van der Waals surface area (Å²) in [5.41, 5.74) is 6.74. The highest BCUT2D eigenvalue weighted by Crippen LogP contribution is 2.29. The molecule has 5 rings (SSSR count). The molecule has 0 bridgehead atoms. The lowest BCUT2D eigenvalue weighted by molar-refractivity contribution is 0.495. The van der Waals surface area contributed by atoms with Crippen LogP contribution in [0.2, 0.25) is 0 Å². The van der Waals surface area contributed by atoms with Gasteiger partial charge >= 0.3 is 0 Å². The van der Waals surface area contributed by atoms with Gasteiger partial charge in [-0.1, -0.05) is 54.1 Å².